The molecule has 7 heteroatoms. The summed E-state index contributed by atoms with van der Waals surface area (Å²) < 4.78 is 10.8. The second-order valence-electron chi connectivity index (χ2n) is 6.96. The molecule has 0 spiro atoms. The van der Waals surface area contributed by atoms with Gasteiger partial charge < -0.3 is 25.0 Å². The van der Waals surface area contributed by atoms with Crippen LogP contribution in [0.5, 0.6) is 11.5 Å². The van der Waals surface area contributed by atoms with Crippen LogP contribution in [0, 0.1) is 5.92 Å². The predicted molar refractivity (Wildman–Crippen MR) is 118 cm³/mol. The molecule has 1 unspecified atom stereocenters. The quantitative estimate of drug-likeness (QED) is 0.389. The molecule has 1 aliphatic heterocycles. The molecule has 0 radical (unpaired) electrons. The number of piperidine rings is 1. The number of hydrogen-bond acceptors (Lipinski definition) is 4. The van der Waals surface area contributed by atoms with Gasteiger partial charge in [0, 0.05) is 13.1 Å². The number of ether oxygens (including phenoxy) is 2. The highest BCUT2D eigenvalue weighted by Gasteiger charge is 2.19. The fourth-order valence-corrected chi connectivity index (χ4v) is 3.14. The summed E-state index contributed by atoms with van der Waals surface area (Å²) in [5, 5.41) is 0. The molecule has 1 fully saturated rings. The zero-order valence-electron chi connectivity index (χ0n) is 16.6. The summed E-state index contributed by atoms with van der Waals surface area (Å²) in [4.78, 5) is 9.02. The SMILES string of the molecule is COc1ccc(C(CN=C(N)N2CCC(C)CC2)N(C)C)cc1OC.I. The first-order valence-electron chi connectivity index (χ1n) is 8.89. The zero-order valence-corrected chi connectivity index (χ0v) is 18.9. The number of aliphatic imine (C=N–C) groups is 1. The number of hydrogen-bond donors (Lipinski definition) is 1. The molecular weight excluding hydrogens is 443 g/mol. The van der Waals surface area contributed by atoms with E-state index in [-0.39, 0.29) is 30.0 Å². The molecule has 0 amide bonds. The molecule has 148 valence electrons. The summed E-state index contributed by atoms with van der Waals surface area (Å²) >= 11 is 0. The Balaban J connectivity index is 0.00000338. The van der Waals surface area contributed by atoms with E-state index in [0.717, 1.165) is 36.1 Å². The first kappa shape index (κ1) is 22.8. The van der Waals surface area contributed by atoms with Crippen molar-refractivity contribution in [3.8, 4) is 11.5 Å². The van der Waals surface area contributed by atoms with Crippen molar-refractivity contribution in [1.82, 2.24) is 9.80 Å². The summed E-state index contributed by atoms with van der Waals surface area (Å²) in [5.41, 5.74) is 7.37. The van der Waals surface area contributed by atoms with Crippen molar-refractivity contribution >= 4 is 29.9 Å². The lowest BCUT2D eigenvalue weighted by Crippen LogP contribution is -2.43. The van der Waals surface area contributed by atoms with Gasteiger partial charge in [-0.05, 0) is 50.6 Å². The highest BCUT2D eigenvalue weighted by molar-refractivity contribution is 14.0. The number of halogens is 1. The predicted octanol–water partition coefficient (Wildman–Crippen LogP) is 2.97. The van der Waals surface area contributed by atoms with Crippen LogP contribution in [0.1, 0.15) is 31.4 Å². The second-order valence-corrected chi connectivity index (χ2v) is 6.96. The summed E-state index contributed by atoms with van der Waals surface area (Å²) in [6.07, 6.45) is 2.37. The van der Waals surface area contributed by atoms with Crippen molar-refractivity contribution in [2.45, 2.75) is 25.8 Å². The third kappa shape index (κ3) is 5.90. The Morgan fingerprint density at radius 2 is 1.85 bits per heavy atom. The molecule has 0 bridgehead atoms. The Kier molecular flexibility index (Phi) is 9.49. The van der Waals surface area contributed by atoms with Crippen molar-refractivity contribution in [3.63, 3.8) is 0 Å². The van der Waals surface area contributed by atoms with Gasteiger partial charge >= 0.3 is 0 Å². The van der Waals surface area contributed by atoms with Crippen LogP contribution >= 0.6 is 24.0 Å². The first-order valence-corrected chi connectivity index (χ1v) is 8.89. The smallest absolute Gasteiger partial charge is 0.191 e. The van der Waals surface area contributed by atoms with Gasteiger partial charge in [-0.1, -0.05) is 13.0 Å². The number of likely N-dealkylation sites (N-methyl/N-ethyl adjacent to an activating group) is 1. The Morgan fingerprint density at radius 1 is 1.23 bits per heavy atom. The van der Waals surface area contributed by atoms with Gasteiger partial charge in [0.2, 0.25) is 0 Å². The maximum Gasteiger partial charge on any atom is 0.191 e. The maximum absolute atomic E-state index is 6.23. The van der Waals surface area contributed by atoms with Crippen molar-refractivity contribution in [1.29, 1.82) is 0 Å². The summed E-state index contributed by atoms with van der Waals surface area (Å²) in [7, 11) is 7.40. The number of likely N-dealkylation sites (tertiary alicyclic amines) is 1. The monoisotopic (exact) mass is 476 g/mol. The van der Waals surface area contributed by atoms with E-state index in [4.69, 9.17) is 15.2 Å². The molecule has 2 N–H and O–H groups in total. The largest absolute Gasteiger partial charge is 0.493 e. The fraction of sp³-hybridized carbons (Fsp3) is 0.632. The second kappa shape index (κ2) is 10.8. The standard InChI is InChI=1S/C19H32N4O2.HI/c1-14-8-10-23(11-9-14)19(20)21-13-16(22(2)3)15-6-7-17(24-4)18(12-15)25-5;/h6-7,12,14,16H,8-11,13H2,1-5H3,(H2,20,21);1H. The molecule has 0 aliphatic carbocycles. The molecule has 6 nitrogen and oxygen atoms in total. The van der Waals surface area contributed by atoms with Crippen molar-refractivity contribution in [2.75, 3.05) is 47.9 Å². The van der Waals surface area contributed by atoms with Crippen molar-refractivity contribution < 1.29 is 9.47 Å². The molecular formula is C19H33IN4O2. The van der Waals surface area contributed by atoms with Gasteiger partial charge in [-0.2, -0.15) is 0 Å². The Bertz CT molecular complexity index is 587. The molecule has 1 saturated heterocycles. The third-order valence-corrected chi connectivity index (χ3v) is 4.95. The highest BCUT2D eigenvalue weighted by Crippen LogP contribution is 2.31. The minimum Gasteiger partial charge on any atom is -0.493 e. The van der Waals surface area contributed by atoms with Crippen LogP contribution in [0.25, 0.3) is 0 Å². The fourth-order valence-electron chi connectivity index (χ4n) is 3.14. The van der Waals surface area contributed by atoms with E-state index >= 15 is 0 Å². The van der Waals surface area contributed by atoms with Crippen molar-refractivity contribution in [3.05, 3.63) is 23.8 Å². The van der Waals surface area contributed by atoms with Gasteiger partial charge in [0.15, 0.2) is 17.5 Å². The molecule has 1 aliphatic rings. The van der Waals surface area contributed by atoms with E-state index < -0.39 is 0 Å². The molecule has 0 saturated carbocycles. The molecule has 1 heterocycles. The number of methoxy groups -OCH3 is 2. The molecule has 0 aromatic heterocycles. The summed E-state index contributed by atoms with van der Waals surface area (Å²) in [5.74, 6) is 2.90. The van der Waals surface area contributed by atoms with E-state index in [0.29, 0.717) is 12.5 Å². The number of nitrogens with two attached hydrogens (primary N) is 1. The molecule has 1 atom stereocenters. The van der Waals surface area contributed by atoms with Gasteiger partial charge in [-0.3, -0.25) is 4.99 Å². The average molecular weight is 476 g/mol. The summed E-state index contributed by atoms with van der Waals surface area (Å²) in [6.45, 7) is 4.91. The lowest BCUT2D eigenvalue weighted by Gasteiger charge is -2.31. The van der Waals surface area contributed by atoms with Crippen LogP contribution < -0.4 is 15.2 Å². The van der Waals surface area contributed by atoms with Crippen molar-refractivity contribution in [2.24, 2.45) is 16.6 Å². The Labute approximate surface area is 174 Å². The summed E-state index contributed by atoms with van der Waals surface area (Å²) in [6, 6.07) is 6.13. The van der Waals surface area contributed by atoms with Crippen LogP contribution in [0.3, 0.4) is 0 Å². The van der Waals surface area contributed by atoms with Crippen LogP contribution in [-0.2, 0) is 0 Å². The van der Waals surface area contributed by atoms with Crippen LogP contribution in [0.2, 0.25) is 0 Å². The third-order valence-electron chi connectivity index (χ3n) is 4.95. The van der Waals surface area contributed by atoms with E-state index in [1.54, 1.807) is 14.2 Å². The number of nitrogens with zero attached hydrogens (tertiary/aromatic N) is 3. The topological polar surface area (TPSA) is 63.3 Å². The van der Waals surface area contributed by atoms with Crippen LogP contribution in [0.15, 0.2) is 23.2 Å². The number of guanidine groups is 1. The molecule has 1 aromatic rings. The van der Waals surface area contributed by atoms with Gasteiger partial charge in [0.1, 0.15) is 0 Å². The number of rotatable bonds is 6. The lowest BCUT2D eigenvalue weighted by molar-refractivity contribution is 0.274. The zero-order chi connectivity index (χ0) is 18.4. The van der Waals surface area contributed by atoms with Gasteiger partial charge in [0.25, 0.3) is 0 Å². The molecule has 1 aromatic carbocycles. The van der Waals surface area contributed by atoms with E-state index in [2.05, 4.69) is 41.9 Å². The van der Waals surface area contributed by atoms with Gasteiger partial charge in [0.05, 0.1) is 26.8 Å². The Hall–Kier alpha value is -1.22. The van der Waals surface area contributed by atoms with E-state index in [1.165, 1.54) is 12.8 Å². The maximum atomic E-state index is 6.23. The minimum absolute atomic E-state index is 0. The van der Waals surface area contributed by atoms with Gasteiger partial charge in [-0.15, -0.1) is 24.0 Å². The van der Waals surface area contributed by atoms with E-state index in [9.17, 15) is 0 Å². The normalized spacial score (nSPS) is 17.0. The minimum atomic E-state index is 0. The lowest BCUT2D eigenvalue weighted by atomic mass is 10.00. The Morgan fingerprint density at radius 3 is 2.38 bits per heavy atom. The first-order chi connectivity index (χ1) is 12.0. The molecule has 2 rings (SSSR count). The average Bonchev–Trinajstić information content (AvgIpc) is 2.61. The van der Waals surface area contributed by atoms with E-state index in [1.807, 2.05) is 12.1 Å². The number of benzene rings is 1. The van der Waals surface area contributed by atoms with Gasteiger partial charge in [-0.25, -0.2) is 0 Å². The van der Waals surface area contributed by atoms with Crippen LogP contribution in [-0.4, -0.2) is 63.7 Å². The van der Waals surface area contributed by atoms with Crippen LogP contribution in [0.4, 0.5) is 0 Å². The highest BCUT2D eigenvalue weighted by atomic mass is 127. The molecule has 26 heavy (non-hydrogen) atoms.